The molecule has 0 atom stereocenters. The number of hydrogen-bond donors (Lipinski definition) is 0. The van der Waals surface area contributed by atoms with Crippen LogP contribution in [0.25, 0.3) is 0 Å². The minimum Gasteiger partial charge on any atom is -0.249 e. The zero-order valence-electron chi connectivity index (χ0n) is 75.1. The van der Waals surface area contributed by atoms with Crippen molar-refractivity contribution in [3.05, 3.63) is 250 Å². The molecule has 0 aliphatic heterocycles. The van der Waals surface area contributed by atoms with Gasteiger partial charge in [-0.2, -0.15) is 17.6 Å². The van der Waals surface area contributed by atoms with E-state index in [4.69, 9.17) is 0 Å². The summed E-state index contributed by atoms with van der Waals surface area (Å²) in [4.78, 5) is 36.8. The number of nitrogens with zero attached hydrogens (tertiary/aromatic N) is 9. The Morgan fingerprint density at radius 1 is 0.246 bits per heavy atom. The van der Waals surface area contributed by atoms with Crippen molar-refractivity contribution in [2.24, 2.45) is 0 Å². The van der Waals surface area contributed by atoms with E-state index in [1.807, 2.05) is 87.4 Å². The second-order valence-corrected chi connectivity index (χ2v) is 44.5. The Balaban J connectivity index is 0.000000148. The van der Waals surface area contributed by atoms with E-state index in [0.29, 0.717) is 114 Å². The zero-order valence-corrected chi connectivity index (χ0v) is 89.4. The third kappa shape index (κ3) is 29.0. The van der Waals surface area contributed by atoms with Crippen molar-refractivity contribution in [2.75, 3.05) is 0 Å². The molecule has 9 nitrogen and oxygen atoms in total. The molecule has 9 saturated carbocycles. The van der Waals surface area contributed by atoms with Crippen molar-refractivity contribution in [3.63, 3.8) is 0 Å². The average Bonchev–Trinajstić information content (AvgIpc) is 1.25. The molecule has 18 rings (SSSR count). The van der Waals surface area contributed by atoms with E-state index in [1.165, 1.54) is 61.8 Å². The largest absolute Gasteiger partial charge is 0.249 e. The highest BCUT2D eigenvalue weighted by Crippen LogP contribution is 2.52. The van der Waals surface area contributed by atoms with Gasteiger partial charge >= 0.3 is 0 Å². The molecule has 0 spiro atoms. The fourth-order valence-corrected chi connectivity index (χ4v) is 20.1. The van der Waals surface area contributed by atoms with Crippen molar-refractivity contribution >= 4 is 143 Å². The molecular weight excluding hydrogens is 2210 g/mol. The highest BCUT2D eigenvalue weighted by molar-refractivity contribution is 9.11. The van der Waals surface area contributed by atoms with Crippen LogP contribution in [-0.4, -0.2) is 44.9 Å². The van der Waals surface area contributed by atoms with E-state index < -0.39 is 0 Å². The highest BCUT2D eigenvalue weighted by atomic mass is 79.9. The minimum absolute atomic E-state index is 0.0515. The Hall–Kier alpha value is -3.96. The summed E-state index contributed by atoms with van der Waals surface area (Å²) in [6.45, 7) is 36.7. The SMILES string of the molecule is CC(C)c1c(Br)cc(F)nc1C1CC1.CC(C)c1c(Br)ncc(C2CC2)c1F.CC(C)c1c(C2CC2)cc(Br)nc1F.CC(C)c1c(F)cc(Br)nc1C1CC1.CC(C)c1cc(C2CC2)c(Br)nc1F.CC(C)c1cc(C2CC2)c(F)nc1Br.CC(C)c1cc(F)c(Br)nc1C1CC1.CC(C)c1cnc(Br)c(C2CC2)c1F.CC(C)c1cnc(Br)c(F)c1C1CC1. The molecule has 0 aromatic carbocycles. The molecule has 0 saturated heterocycles. The summed E-state index contributed by atoms with van der Waals surface area (Å²) in [6.07, 6.45) is 25.8. The lowest BCUT2D eigenvalue weighted by molar-refractivity contribution is 0.549. The Kier molecular flexibility index (Phi) is 38.3. The number of hydrogen-bond acceptors (Lipinski definition) is 9. The van der Waals surface area contributed by atoms with Crippen molar-refractivity contribution < 1.29 is 39.5 Å². The molecule has 0 N–H and O–H groups in total. The zero-order chi connectivity index (χ0) is 92.6. The molecule has 126 heavy (non-hydrogen) atoms. The number of pyridine rings is 9. The Morgan fingerprint density at radius 3 is 1.16 bits per heavy atom. The quantitative estimate of drug-likeness (QED) is 0.0612. The fraction of sp³-hybridized carbons (Fsp3) is 0.545. The molecule has 9 aliphatic carbocycles. The second kappa shape index (κ2) is 46.3. The van der Waals surface area contributed by atoms with Gasteiger partial charge < -0.3 is 0 Å². The number of aromatic nitrogens is 9. The predicted octanol–water partition coefficient (Wildman–Crippen LogP) is 35.9. The first-order valence-corrected chi connectivity index (χ1v) is 51.7. The van der Waals surface area contributed by atoms with E-state index in [-0.39, 0.29) is 82.5 Å². The van der Waals surface area contributed by atoms with Crippen LogP contribution in [0.15, 0.2) is 96.3 Å². The monoisotopic (exact) mass is 2310 g/mol. The van der Waals surface area contributed by atoms with E-state index >= 15 is 0 Å². The van der Waals surface area contributed by atoms with Gasteiger partial charge in [0, 0.05) is 103 Å². The summed E-state index contributed by atoms with van der Waals surface area (Å²) in [5.41, 5.74) is 16.8. The number of rotatable bonds is 18. The molecule has 0 bridgehead atoms. The molecule has 0 unspecified atom stereocenters. The maximum absolute atomic E-state index is 14.0. The number of halogens is 18. The normalized spacial score (nSPS) is 16.4. The summed E-state index contributed by atoms with van der Waals surface area (Å²) in [5, 5.41) is 0. The van der Waals surface area contributed by atoms with Crippen LogP contribution in [0.5, 0.6) is 0 Å². The van der Waals surface area contributed by atoms with Crippen LogP contribution in [0.4, 0.5) is 39.5 Å². The van der Waals surface area contributed by atoms with Crippen molar-refractivity contribution in [1.82, 2.24) is 44.9 Å². The van der Waals surface area contributed by atoms with Gasteiger partial charge in [0.05, 0.1) is 11.4 Å². The van der Waals surface area contributed by atoms with Crippen molar-refractivity contribution in [3.8, 4) is 0 Å². The summed E-state index contributed by atoms with van der Waals surface area (Å²) >= 11 is 29.4. The first kappa shape index (κ1) is 104. The first-order chi connectivity index (χ1) is 59.4. The molecule has 0 radical (unpaired) electrons. The van der Waals surface area contributed by atoms with Crippen LogP contribution in [0.3, 0.4) is 0 Å². The van der Waals surface area contributed by atoms with Crippen LogP contribution < -0.4 is 0 Å². The van der Waals surface area contributed by atoms with Gasteiger partial charge in [-0.25, -0.2) is 66.8 Å². The maximum Gasteiger partial charge on any atom is 0.217 e. The summed E-state index contributed by atoms with van der Waals surface area (Å²) in [6, 6.07) is 10.4. The Labute approximate surface area is 816 Å². The molecular formula is C99H117Br9F9N9. The van der Waals surface area contributed by atoms with E-state index in [2.05, 4.69) is 244 Å². The van der Waals surface area contributed by atoms with Gasteiger partial charge in [0.15, 0.2) is 11.6 Å². The van der Waals surface area contributed by atoms with Crippen LogP contribution in [0.2, 0.25) is 0 Å². The third-order valence-electron chi connectivity index (χ3n) is 23.4. The van der Waals surface area contributed by atoms with Gasteiger partial charge in [0.2, 0.25) is 23.8 Å². The van der Waals surface area contributed by atoms with Crippen LogP contribution in [0, 0.1) is 52.9 Å². The lowest BCUT2D eigenvalue weighted by atomic mass is 9.96. The lowest BCUT2D eigenvalue weighted by Gasteiger charge is -2.13. The summed E-state index contributed by atoms with van der Waals surface area (Å²) < 4.78 is 128. The van der Waals surface area contributed by atoms with Gasteiger partial charge in [0.25, 0.3) is 0 Å². The van der Waals surface area contributed by atoms with Gasteiger partial charge in [-0.1, -0.05) is 141 Å². The topological polar surface area (TPSA) is 116 Å². The molecule has 9 aromatic rings. The molecule has 27 heteroatoms. The fourth-order valence-electron chi connectivity index (χ4n) is 15.2. The van der Waals surface area contributed by atoms with Crippen molar-refractivity contribution in [1.29, 1.82) is 0 Å². The molecule has 9 aliphatic rings. The van der Waals surface area contributed by atoms with Gasteiger partial charge in [-0.15, -0.1) is 0 Å². The van der Waals surface area contributed by atoms with Crippen LogP contribution >= 0.6 is 143 Å². The average molecular weight is 2320 g/mol. The Morgan fingerprint density at radius 2 is 0.667 bits per heavy atom. The summed E-state index contributed by atoms with van der Waals surface area (Å²) in [7, 11) is 0. The van der Waals surface area contributed by atoms with Crippen LogP contribution in [0.1, 0.15) is 447 Å². The Bertz CT molecular complexity index is 4870. The van der Waals surface area contributed by atoms with Gasteiger partial charge in [0.1, 0.15) is 54.3 Å². The highest BCUT2D eigenvalue weighted by Gasteiger charge is 2.38. The molecule has 9 aromatic heterocycles. The lowest BCUT2D eigenvalue weighted by Crippen LogP contribution is -2.02. The van der Waals surface area contributed by atoms with E-state index in [0.717, 1.165) is 171 Å². The molecule has 0 amide bonds. The van der Waals surface area contributed by atoms with Crippen LogP contribution in [-0.2, 0) is 0 Å². The third-order valence-corrected chi connectivity index (χ3v) is 28.6. The summed E-state index contributed by atoms with van der Waals surface area (Å²) in [5.74, 6) is 4.97. The molecule has 9 heterocycles. The van der Waals surface area contributed by atoms with E-state index in [1.54, 1.807) is 24.7 Å². The maximum atomic E-state index is 14.0. The minimum atomic E-state index is -0.372. The second-order valence-electron chi connectivity index (χ2n) is 37.5. The smallest absolute Gasteiger partial charge is 0.217 e. The standard InChI is InChI=1S/9C11H13BrFN/c1-6(2)10-8(13)5-9(12)14-11(10)7-3-4-7;1-6(2)10-8(12)5-9(13)14-11(10)7-3-4-7;1-6(2)9-10(13)8(7-3-4-7)5-14-11(9)12;1-6(2)10-8(7-3-4-7)5-9(12)14-11(10)13;1-6(2)8-5-14-11(12)9(10(8)13)7-3-4-7;1-6(2)8-5-14-11(12)10(13)9(8)7-3-4-7;1-6(2)8-5-9(13)11(12)14-10(8)7-3-4-7;1-6(2)8-5-9(7-3-4-7)10(12)14-11(8)13;1-6(2)8-5-9(7-3-4-7)11(13)14-10(8)12/h9*5-7H,3-4H2,1-2H3. The van der Waals surface area contributed by atoms with E-state index in [9.17, 15) is 39.5 Å². The first-order valence-electron chi connectivity index (χ1n) is 44.5. The molecule has 9 fully saturated rings. The molecule has 684 valence electrons. The van der Waals surface area contributed by atoms with Crippen molar-refractivity contribution in [2.45, 2.75) is 347 Å². The predicted molar refractivity (Wildman–Crippen MR) is 522 cm³/mol. The van der Waals surface area contributed by atoms with Gasteiger partial charge in [-0.05, 0) is 395 Å². The van der Waals surface area contributed by atoms with Gasteiger partial charge in [-0.3, -0.25) is 0 Å².